The van der Waals surface area contributed by atoms with E-state index < -0.39 is 5.92 Å². The van der Waals surface area contributed by atoms with Crippen LogP contribution in [0.25, 0.3) is 11.5 Å². The summed E-state index contributed by atoms with van der Waals surface area (Å²) in [7, 11) is 0. The lowest BCUT2D eigenvalue weighted by Crippen LogP contribution is -2.31. The van der Waals surface area contributed by atoms with Gasteiger partial charge in [-0.2, -0.15) is 0 Å². The molecule has 0 aliphatic carbocycles. The molecule has 0 radical (unpaired) electrons. The quantitative estimate of drug-likeness (QED) is 0.569. The van der Waals surface area contributed by atoms with Crippen molar-refractivity contribution >= 4 is 5.91 Å². The van der Waals surface area contributed by atoms with Gasteiger partial charge in [0.15, 0.2) is 5.76 Å². The standard InChI is InChI=1S/C23H17N3O3/c27-23(26-14-17-22(25-12-11-24-17)20-10-5-13-28-20)21-15-6-1-3-8-18(15)29-19-9-4-2-7-16(19)21/h1-13,21H,14H2,(H,26,27). The number of benzene rings is 2. The van der Waals surface area contributed by atoms with Crippen LogP contribution in [0.4, 0.5) is 0 Å². The van der Waals surface area contributed by atoms with Crippen LogP contribution in [0.1, 0.15) is 22.7 Å². The van der Waals surface area contributed by atoms with Crippen LogP contribution in [-0.2, 0) is 11.3 Å². The van der Waals surface area contributed by atoms with Crippen molar-refractivity contribution in [2.75, 3.05) is 0 Å². The molecule has 1 N–H and O–H groups in total. The van der Waals surface area contributed by atoms with Crippen molar-refractivity contribution in [3.63, 3.8) is 0 Å². The number of amides is 1. The van der Waals surface area contributed by atoms with E-state index in [1.54, 1.807) is 24.7 Å². The Morgan fingerprint density at radius 2 is 1.59 bits per heavy atom. The number of para-hydroxylation sites is 2. The van der Waals surface area contributed by atoms with Gasteiger partial charge in [0, 0.05) is 23.5 Å². The molecule has 2 aromatic carbocycles. The third-order valence-electron chi connectivity index (χ3n) is 4.90. The summed E-state index contributed by atoms with van der Waals surface area (Å²) in [4.78, 5) is 22.0. The van der Waals surface area contributed by atoms with E-state index in [2.05, 4.69) is 15.3 Å². The van der Waals surface area contributed by atoms with Crippen molar-refractivity contribution in [2.45, 2.75) is 12.5 Å². The van der Waals surface area contributed by atoms with E-state index in [4.69, 9.17) is 9.15 Å². The van der Waals surface area contributed by atoms with Gasteiger partial charge in [-0.25, -0.2) is 4.98 Å². The molecule has 0 fully saturated rings. The summed E-state index contributed by atoms with van der Waals surface area (Å²) < 4.78 is 11.4. The summed E-state index contributed by atoms with van der Waals surface area (Å²) in [5.74, 6) is 1.43. The Labute approximate surface area is 167 Å². The van der Waals surface area contributed by atoms with E-state index >= 15 is 0 Å². The topological polar surface area (TPSA) is 77.3 Å². The number of hydrogen-bond donors (Lipinski definition) is 1. The van der Waals surface area contributed by atoms with E-state index in [1.165, 1.54) is 0 Å². The average Bonchev–Trinajstić information content (AvgIpc) is 3.31. The number of carbonyl (C=O) groups is 1. The van der Waals surface area contributed by atoms with Crippen molar-refractivity contribution in [3.05, 3.63) is 96.1 Å². The van der Waals surface area contributed by atoms with Gasteiger partial charge in [-0.1, -0.05) is 36.4 Å². The highest BCUT2D eigenvalue weighted by Crippen LogP contribution is 2.43. The highest BCUT2D eigenvalue weighted by Gasteiger charge is 2.32. The minimum absolute atomic E-state index is 0.121. The van der Waals surface area contributed by atoms with Gasteiger partial charge in [-0.05, 0) is 24.3 Å². The lowest BCUT2D eigenvalue weighted by molar-refractivity contribution is -0.122. The second-order valence-electron chi connectivity index (χ2n) is 6.66. The van der Waals surface area contributed by atoms with Crippen molar-refractivity contribution < 1.29 is 13.9 Å². The van der Waals surface area contributed by atoms with Crippen molar-refractivity contribution in [3.8, 4) is 23.0 Å². The summed E-state index contributed by atoms with van der Waals surface area (Å²) in [6.45, 7) is 0.240. The maximum Gasteiger partial charge on any atom is 0.232 e. The molecule has 0 spiro atoms. The van der Waals surface area contributed by atoms with Crippen LogP contribution in [0.2, 0.25) is 0 Å². The SMILES string of the molecule is O=C(NCc1nccnc1-c1ccco1)C1c2ccccc2Oc2ccccc21. The Balaban J connectivity index is 1.44. The van der Waals surface area contributed by atoms with Crippen LogP contribution in [0.5, 0.6) is 11.5 Å². The molecule has 3 heterocycles. The van der Waals surface area contributed by atoms with Crippen molar-refractivity contribution in [1.82, 2.24) is 15.3 Å². The number of ether oxygens (including phenoxy) is 1. The van der Waals surface area contributed by atoms with Gasteiger partial charge in [0.25, 0.3) is 0 Å². The first-order valence-corrected chi connectivity index (χ1v) is 9.28. The van der Waals surface area contributed by atoms with Crippen molar-refractivity contribution in [1.29, 1.82) is 0 Å². The fourth-order valence-electron chi connectivity index (χ4n) is 3.58. The Morgan fingerprint density at radius 1 is 0.897 bits per heavy atom. The monoisotopic (exact) mass is 383 g/mol. The number of carbonyl (C=O) groups excluding carboxylic acids is 1. The zero-order valence-electron chi connectivity index (χ0n) is 15.4. The Kier molecular flexibility index (Phi) is 4.29. The zero-order valence-corrected chi connectivity index (χ0v) is 15.4. The van der Waals surface area contributed by atoms with E-state index in [0.29, 0.717) is 28.6 Å². The molecule has 1 amide bonds. The Bertz CT molecular complexity index is 1130. The first-order valence-electron chi connectivity index (χ1n) is 9.28. The van der Waals surface area contributed by atoms with Gasteiger partial charge in [-0.3, -0.25) is 9.78 Å². The summed E-state index contributed by atoms with van der Waals surface area (Å²) in [5, 5.41) is 3.01. The lowest BCUT2D eigenvalue weighted by atomic mass is 9.87. The molecule has 0 atom stereocenters. The molecule has 1 aliphatic heterocycles. The number of hydrogen-bond acceptors (Lipinski definition) is 5. The highest BCUT2D eigenvalue weighted by atomic mass is 16.5. The number of rotatable bonds is 4. The molecule has 2 aromatic heterocycles. The molecule has 4 aromatic rings. The fourth-order valence-corrected chi connectivity index (χ4v) is 3.58. The zero-order chi connectivity index (χ0) is 19.6. The molecular formula is C23H17N3O3. The van der Waals surface area contributed by atoms with Crippen LogP contribution in [-0.4, -0.2) is 15.9 Å². The molecule has 142 valence electrons. The number of nitrogens with one attached hydrogen (secondary N) is 1. The summed E-state index contributed by atoms with van der Waals surface area (Å²) >= 11 is 0. The normalized spacial score (nSPS) is 12.6. The maximum absolute atomic E-state index is 13.3. The first kappa shape index (κ1) is 17.2. The molecule has 0 unspecified atom stereocenters. The van der Waals surface area contributed by atoms with Crippen LogP contribution >= 0.6 is 0 Å². The van der Waals surface area contributed by atoms with E-state index in [9.17, 15) is 4.79 Å². The van der Waals surface area contributed by atoms with Gasteiger partial charge < -0.3 is 14.5 Å². The van der Waals surface area contributed by atoms with E-state index in [0.717, 1.165) is 11.1 Å². The van der Waals surface area contributed by atoms with Gasteiger partial charge in [0.05, 0.1) is 24.4 Å². The van der Waals surface area contributed by atoms with Gasteiger partial charge in [0.2, 0.25) is 5.91 Å². The minimum atomic E-state index is -0.458. The Hall–Kier alpha value is -3.93. The van der Waals surface area contributed by atoms with Gasteiger partial charge >= 0.3 is 0 Å². The third kappa shape index (κ3) is 3.14. The predicted molar refractivity (Wildman–Crippen MR) is 106 cm³/mol. The molecule has 0 saturated carbocycles. The number of aromatic nitrogens is 2. The summed E-state index contributed by atoms with van der Waals surface area (Å²) in [6.07, 6.45) is 4.80. The predicted octanol–water partition coefficient (Wildman–Crippen LogP) is 4.29. The van der Waals surface area contributed by atoms with Crippen LogP contribution < -0.4 is 10.1 Å². The van der Waals surface area contributed by atoms with E-state index in [-0.39, 0.29) is 12.5 Å². The molecule has 0 saturated heterocycles. The van der Waals surface area contributed by atoms with Gasteiger partial charge in [-0.15, -0.1) is 0 Å². The lowest BCUT2D eigenvalue weighted by Gasteiger charge is -2.27. The molecule has 5 rings (SSSR count). The van der Waals surface area contributed by atoms with Crippen molar-refractivity contribution in [2.24, 2.45) is 0 Å². The molecule has 6 heteroatoms. The van der Waals surface area contributed by atoms with Gasteiger partial charge in [0.1, 0.15) is 17.2 Å². The van der Waals surface area contributed by atoms with Crippen LogP contribution in [0, 0.1) is 0 Å². The molecule has 1 aliphatic rings. The number of fused-ring (bicyclic) bond motifs is 2. The fraction of sp³-hybridized carbons (Fsp3) is 0.0870. The summed E-state index contributed by atoms with van der Waals surface area (Å²) in [5.41, 5.74) is 2.94. The number of nitrogens with zero attached hydrogens (tertiary/aromatic N) is 2. The third-order valence-corrected chi connectivity index (χ3v) is 4.90. The molecular weight excluding hydrogens is 366 g/mol. The highest BCUT2D eigenvalue weighted by molar-refractivity contribution is 5.89. The minimum Gasteiger partial charge on any atom is -0.463 e. The maximum atomic E-state index is 13.3. The molecule has 29 heavy (non-hydrogen) atoms. The van der Waals surface area contributed by atoms with Crippen LogP contribution in [0.3, 0.4) is 0 Å². The van der Waals surface area contributed by atoms with E-state index in [1.807, 2.05) is 54.6 Å². The molecule has 6 nitrogen and oxygen atoms in total. The first-order chi connectivity index (χ1) is 14.3. The number of furan rings is 1. The second kappa shape index (κ2) is 7.24. The summed E-state index contributed by atoms with van der Waals surface area (Å²) in [6, 6.07) is 18.8. The molecule has 0 bridgehead atoms. The second-order valence-corrected chi connectivity index (χ2v) is 6.66. The Morgan fingerprint density at radius 3 is 2.28 bits per heavy atom. The largest absolute Gasteiger partial charge is 0.463 e. The average molecular weight is 383 g/mol. The van der Waals surface area contributed by atoms with Crippen LogP contribution in [0.15, 0.2) is 83.7 Å². The smallest absolute Gasteiger partial charge is 0.232 e.